The van der Waals surface area contributed by atoms with E-state index in [9.17, 15) is 9.59 Å². The summed E-state index contributed by atoms with van der Waals surface area (Å²) in [5.41, 5.74) is 1.49. The molecule has 1 saturated carbocycles. The van der Waals surface area contributed by atoms with Gasteiger partial charge in [-0.3, -0.25) is 19.6 Å². The van der Waals surface area contributed by atoms with Gasteiger partial charge in [-0.1, -0.05) is 25.0 Å². The van der Waals surface area contributed by atoms with Gasteiger partial charge in [0.2, 0.25) is 5.91 Å². The Morgan fingerprint density at radius 3 is 2.39 bits per heavy atom. The van der Waals surface area contributed by atoms with Crippen molar-refractivity contribution in [2.45, 2.75) is 37.8 Å². The minimum atomic E-state index is -0.912. The molecule has 2 aromatic carbocycles. The average Bonchev–Trinajstić information content (AvgIpc) is 3.57. The van der Waals surface area contributed by atoms with Gasteiger partial charge < -0.3 is 14.8 Å². The number of hydrogen-bond donors (Lipinski definition) is 2. The number of nitrogens with zero attached hydrogens (tertiary/aromatic N) is 2. The summed E-state index contributed by atoms with van der Waals surface area (Å²) in [6.07, 6.45) is 5.56. The average molecular weight is 449 g/mol. The molecule has 8 nitrogen and oxygen atoms in total. The van der Waals surface area contributed by atoms with Crippen LogP contribution in [0.1, 0.15) is 47.8 Å². The van der Waals surface area contributed by atoms with Crippen molar-refractivity contribution in [1.82, 2.24) is 15.5 Å². The second-order valence-corrected chi connectivity index (χ2v) is 8.01. The van der Waals surface area contributed by atoms with Crippen molar-refractivity contribution >= 4 is 17.5 Å². The van der Waals surface area contributed by atoms with Gasteiger partial charge in [-0.25, -0.2) is 0 Å². The topological polar surface area (TPSA) is 96.5 Å². The number of anilines is 1. The van der Waals surface area contributed by atoms with Crippen molar-refractivity contribution in [3.05, 3.63) is 72.1 Å². The number of rotatable bonds is 8. The Bertz CT molecular complexity index is 1080. The number of amides is 2. The van der Waals surface area contributed by atoms with Gasteiger partial charge in [-0.05, 0) is 60.9 Å². The summed E-state index contributed by atoms with van der Waals surface area (Å²) in [5, 5.41) is 9.81. The molecule has 1 aromatic heterocycles. The number of hydrogen-bond acceptors (Lipinski definition) is 5. The summed E-state index contributed by atoms with van der Waals surface area (Å²) in [6, 6.07) is 15.1. The maximum atomic E-state index is 13.7. The van der Waals surface area contributed by atoms with Crippen molar-refractivity contribution in [3.8, 4) is 11.5 Å². The highest BCUT2D eigenvalue weighted by Crippen LogP contribution is 2.33. The van der Waals surface area contributed by atoms with Crippen LogP contribution in [-0.4, -0.2) is 42.3 Å². The largest absolute Gasteiger partial charge is 0.497 e. The van der Waals surface area contributed by atoms with Gasteiger partial charge in [0.05, 0.1) is 14.2 Å². The fourth-order valence-electron chi connectivity index (χ4n) is 4.21. The summed E-state index contributed by atoms with van der Waals surface area (Å²) in [7, 11) is 3.15. The molecule has 33 heavy (non-hydrogen) atoms. The number of aromatic nitrogens is 2. The van der Waals surface area contributed by atoms with Gasteiger partial charge in [0.25, 0.3) is 5.91 Å². The smallest absolute Gasteiger partial charge is 0.277 e. The van der Waals surface area contributed by atoms with Crippen LogP contribution in [-0.2, 0) is 4.79 Å². The fourth-order valence-corrected chi connectivity index (χ4v) is 4.21. The lowest BCUT2D eigenvalue weighted by atomic mass is 10.0. The number of aromatic amines is 1. The number of H-pyrrole nitrogens is 1. The number of carbonyl (C=O) groups is 2. The molecule has 2 N–H and O–H groups in total. The molecule has 1 fully saturated rings. The summed E-state index contributed by atoms with van der Waals surface area (Å²) in [4.78, 5) is 28.9. The van der Waals surface area contributed by atoms with Crippen LogP contribution in [0.25, 0.3) is 0 Å². The van der Waals surface area contributed by atoms with Crippen LogP contribution in [0, 0.1) is 0 Å². The number of benzene rings is 2. The van der Waals surface area contributed by atoms with E-state index in [1.165, 1.54) is 11.1 Å². The minimum Gasteiger partial charge on any atom is -0.497 e. The highest BCUT2D eigenvalue weighted by Gasteiger charge is 2.35. The van der Waals surface area contributed by atoms with E-state index in [4.69, 9.17) is 9.47 Å². The minimum absolute atomic E-state index is 0.102. The summed E-state index contributed by atoms with van der Waals surface area (Å²) in [5.74, 6) is 0.654. The Labute approximate surface area is 192 Å². The second-order valence-electron chi connectivity index (χ2n) is 8.01. The van der Waals surface area contributed by atoms with E-state index < -0.39 is 6.04 Å². The number of carbonyl (C=O) groups excluding carboxylic acids is 2. The zero-order chi connectivity index (χ0) is 23.2. The van der Waals surface area contributed by atoms with Crippen molar-refractivity contribution < 1.29 is 19.1 Å². The Morgan fingerprint density at radius 1 is 1.03 bits per heavy atom. The van der Waals surface area contributed by atoms with Crippen LogP contribution >= 0.6 is 0 Å². The molecule has 1 aliphatic carbocycles. The predicted molar refractivity (Wildman–Crippen MR) is 125 cm³/mol. The summed E-state index contributed by atoms with van der Waals surface area (Å²) >= 11 is 0. The molecule has 0 spiro atoms. The molecule has 4 rings (SSSR count). The van der Waals surface area contributed by atoms with E-state index in [0.717, 1.165) is 25.7 Å². The molecule has 3 aromatic rings. The highest BCUT2D eigenvalue weighted by atomic mass is 16.5. The van der Waals surface area contributed by atoms with Crippen molar-refractivity contribution in [2.75, 3.05) is 19.1 Å². The van der Waals surface area contributed by atoms with Crippen molar-refractivity contribution in [1.29, 1.82) is 0 Å². The monoisotopic (exact) mass is 448 g/mol. The normalized spacial score (nSPS) is 14.5. The first-order valence-corrected chi connectivity index (χ1v) is 11.0. The maximum absolute atomic E-state index is 13.7. The lowest BCUT2D eigenvalue weighted by molar-refractivity contribution is -0.123. The Kier molecular flexibility index (Phi) is 6.92. The van der Waals surface area contributed by atoms with E-state index in [-0.39, 0.29) is 23.6 Å². The highest BCUT2D eigenvalue weighted by molar-refractivity contribution is 6.09. The number of nitrogens with one attached hydrogen (secondary N) is 2. The van der Waals surface area contributed by atoms with Crippen LogP contribution in [0.2, 0.25) is 0 Å². The summed E-state index contributed by atoms with van der Waals surface area (Å²) in [6.45, 7) is 0. The zero-order valence-corrected chi connectivity index (χ0v) is 18.8. The predicted octanol–water partition coefficient (Wildman–Crippen LogP) is 3.87. The molecular formula is C25H28N4O4. The molecule has 2 amide bonds. The number of methoxy groups -OCH3 is 2. The van der Waals surface area contributed by atoms with Gasteiger partial charge in [-0.15, -0.1) is 0 Å². The molecular weight excluding hydrogens is 420 g/mol. The van der Waals surface area contributed by atoms with Gasteiger partial charge in [0.1, 0.15) is 23.2 Å². The van der Waals surface area contributed by atoms with E-state index in [0.29, 0.717) is 22.7 Å². The number of ether oxygens (including phenoxy) is 2. The molecule has 1 heterocycles. The Balaban J connectivity index is 1.81. The van der Waals surface area contributed by atoms with Gasteiger partial charge in [0, 0.05) is 17.9 Å². The van der Waals surface area contributed by atoms with Crippen LogP contribution in [0.15, 0.2) is 60.8 Å². The van der Waals surface area contributed by atoms with Gasteiger partial charge >= 0.3 is 0 Å². The molecule has 0 radical (unpaired) electrons. The lowest BCUT2D eigenvalue weighted by Gasteiger charge is -2.32. The molecule has 0 unspecified atom stereocenters. The Morgan fingerprint density at radius 2 is 1.76 bits per heavy atom. The van der Waals surface area contributed by atoms with Crippen molar-refractivity contribution in [2.24, 2.45) is 0 Å². The first-order valence-electron chi connectivity index (χ1n) is 11.0. The first kappa shape index (κ1) is 22.4. The molecule has 0 saturated heterocycles. The van der Waals surface area contributed by atoms with E-state index in [1.54, 1.807) is 50.6 Å². The molecule has 0 bridgehead atoms. The molecule has 8 heteroatoms. The standard InChI is InChI=1S/C25H28N4O4/c1-32-20-12-10-19(11-13-20)29(25(31)22-14-15-26-28-22)23(17-6-5-9-21(16-17)33-2)24(30)27-18-7-3-4-8-18/h5-6,9-16,18,23H,3-4,7-8H2,1-2H3,(H,26,28)(H,27,30)/t23-/m0/s1. The quantitative estimate of drug-likeness (QED) is 0.545. The molecule has 1 atom stereocenters. The van der Waals surface area contributed by atoms with Gasteiger partial charge in [0.15, 0.2) is 0 Å². The molecule has 0 aliphatic heterocycles. The third-order valence-electron chi connectivity index (χ3n) is 5.92. The fraction of sp³-hybridized carbons (Fsp3) is 0.320. The zero-order valence-electron chi connectivity index (χ0n) is 18.8. The van der Waals surface area contributed by atoms with Crippen LogP contribution in [0.3, 0.4) is 0 Å². The lowest BCUT2D eigenvalue weighted by Crippen LogP contribution is -2.46. The molecule has 1 aliphatic rings. The third-order valence-corrected chi connectivity index (χ3v) is 5.92. The second kappa shape index (κ2) is 10.2. The van der Waals surface area contributed by atoms with E-state index in [1.807, 2.05) is 18.2 Å². The van der Waals surface area contributed by atoms with E-state index >= 15 is 0 Å². The van der Waals surface area contributed by atoms with E-state index in [2.05, 4.69) is 15.5 Å². The maximum Gasteiger partial charge on any atom is 0.277 e. The summed E-state index contributed by atoms with van der Waals surface area (Å²) < 4.78 is 10.7. The Hall–Kier alpha value is -3.81. The van der Waals surface area contributed by atoms with Gasteiger partial charge in [-0.2, -0.15) is 5.10 Å². The van der Waals surface area contributed by atoms with Crippen LogP contribution < -0.4 is 19.7 Å². The SMILES string of the molecule is COc1ccc(N(C(=O)c2ccn[nH]2)[C@H](C(=O)NC2CCCC2)c2cccc(OC)c2)cc1. The molecule has 172 valence electrons. The van der Waals surface area contributed by atoms with Crippen LogP contribution in [0.5, 0.6) is 11.5 Å². The third kappa shape index (κ3) is 5.00. The van der Waals surface area contributed by atoms with Crippen LogP contribution in [0.4, 0.5) is 5.69 Å². The van der Waals surface area contributed by atoms with Crippen molar-refractivity contribution in [3.63, 3.8) is 0 Å². The first-order chi connectivity index (χ1) is 16.1.